The molecule has 0 saturated heterocycles. The molecule has 0 amide bonds. The molecule has 4 nitrogen and oxygen atoms in total. The van der Waals surface area contributed by atoms with E-state index in [0.717, 1.165) is 19.0 Å². The first-order chi connectivity index (χ1) is 11.2. The molecule has 0 bridgehead atoms. The van der Waals surface area contributed by atoms with Crippen molar-refractivity contribution in [3.63, 3.8) is 0 Å². The van der Waals surface area contributed by atoms with E-state index < -0.39 is 0 Å². The van der Waals surface area contributed by atoms with Gasteiger partial charge in [-0.15, -0.1) is 6.58 Å². The smallest absolute Gasteiger partial charge is 0.191 e. The fraction of sp³-hybridized carbons (Fsp3) is 0.526. The molecule has 0 aromatic heterocycles. The van der Waals surface area contributed by atoms with Gasteiger partial charge in [0.15, 0.2) is 5.96 Å². The molecule has 23 heavy (non-hydrogen) atoms. The Hall–Kier alpha value is -1.81. The van der Waals surface area contributed by atoms with Crippen LogP contribution in [0.4, 0.5) is 0 Å². The van der Waals surface area contributed by atoms with Crippen molar-refractivity contribution in [3.8, 4) is 0 Å². The summed E-state index contributed by atoms with van der Waals surface area (Å²) < 4.78 is 0. The molecule has 1 atom stereocenters. The van der Waals surface area contributed by atoms with Crippen LogP contribution in [0.15, 0.2) is 48.0 Å². The Balaban J connectivity index is 1.97. The lowest BCUT2D eigenvalue weighted by atomic mass is 9.94. The summed E-state index contributed by atoms with van der Waals surface area (Å²) in [5.41, 5.74) is 1.48. The van der Waals surface area contributed by atoms with Gasteiger partial charge in [-0.05, 0) is 25.3 Å². The number of nitrogens with one attached hydrogen (secondary N) is 3. The second kappa shape index (κ2) is 8.73. The second-order valence-corrected chi connectivity index (χ2v) is 6.36. The number of nitrogens with zero attached hydrogens (tertiary/aromatic N) is 1. The summed E-state index contributed by atoms with van der Waals surface area (Å²) in [6.07, 6.45) is 6.82. The molecule has 1 aliphatic rings. The van der Waals surface area contributed by atoms with E-state index in [2.05, 4.69) is 64.8 Å². The third kappa shape index (κ3) is 5.10. The van der Waals surface area contributed by atoms with Crippen molar-refractivity contribution in [2.45, 2.75) is 44.2 Å². The molecule has 4 heteroatoms. The average molecular weight is 314 g/mol. The Morgan fingerprint density at radius 1 is 1.26 bits per heavy atom. The Morgan fingerprint density at radius 2 is 1.96 bits per heavy atom. The molecular weight excluding hydrogens is 284 g/mol. The predicted octanol–water partition coefficient (Wildman–Crippen LogP) is 3.00. The van der Waals surface area contributed by atoms with Gasteiger partial charge in [-0.25, -0.2) is 0 Å². The topological polar surface area (TPSA) is 48.5 Å². The van der Waals surface area contributed by atoms with Crippen LogP contribution in [0, 0.1) is 0 Å². The van der Waals surface area contributed by atoms with E-state index in [1.54, 1.807) is 7.05 Å². The summed E-state index contributed by atoms with van der Waals surface area (Å²) in [6, 6.07) is 11.0. The first kappa shape index (κ1) is 17.5. The molecular formula is C19H30N4. The zero-order chi connectivity index (χ0) is 16.5. The van der Waals surface area contributed by atoms with E-state index in [1.807, 2.05) is 6.08 Å². The fourth-order valence-corrected chi connectivity index (χ4v) is 3.35. The highest BCUT2D eigenvalue weighted by Gasteiger charge is 2.35. The van der Waals surface area contributed by atoms with E-state index in [0.29, 0.717) is 6.04 Å². The van der Waals surface area contributed by atoms with Crippen molar-refractivity contribution in [2.24, 2.45) is 4.99 Å². The molecule has 0 spiro atoms. The highest BCUT2D eigenvalue weighted by molar-refractivity contribution is 5.79. The molecule has 126 valence electrons. The van der Waals surface area contributed by atoms with Gasteiger partial charge in [0.2, 0.25) is 0 Å². The van der Waals surface area contributed by atoms with Gasteiger partial charge < -0.3 is 16.0 Å². The highest BCUT2D eigenvalue weighted by Crippen LogP contribution is 2.31. The maximum atomic E-state index is 4.27. The predicted molar refractivity (Wildman–Crippen MR) is 98.8 cm³/mol. The Kier molecular flexibility index (Phi) is 6.66. The number of guanidine groups is 1. The third-order valence-electron chi connectivity index (χ3n) is 4.61. The van der Waals surface area contributed by atoms with Crippen molar-refractivity contribution in [1.29, 1.82) is 0 Å². The molecule has 1 aromatic carbocycles. The zero-order valence-electron chi connectivity index (χ0n) is 14.4. The highest BCUT2D eigenvalue weighted by atomic mass is 15.2. The number of rotatable bonds is 7. The molecule has 1 aliphatic carbocycles. The number of hydrogen-bond donors (Lipinski definition) is 3. The van der Waals surface area contributed by atoms with Crippen LogP contribution in [0.2, 0.25) is 0 Å². The molecule has 0 radical (unpaired) electrons. The van der Waals surface area contributed by atoms with Crippen LogP contribution < -0.4 is 16.0 Å². The molecule has 1 aromatic rings. The van der Waals surface area contributed by atoms with Crippen molar-refractivity contribution in [3.05, 3.63) is 48.6 Å². The van der Waals surface area contributed by atoms with Crippen LogP contribution >= 0.6 is 0 Å². The fourth-order valence-electron chi connectivity index (χ4n) is 3.35. The normalized spacial score (nSPS) is 18.4. The zero-order valence-corrected chi connectivity index (χ0v) is 14.4. The van der Waals surface area contributed by atoms with Crippen molar-refractivity contribution >= 4 is 5.96 Å². The van der Waals surface area contributed by atoms with Crippen LogP contribution in [0.5, 0.6) is 0 Å². The molecule has 1 fully saturated rings. The lowest BCUT2D eigenvalue weighted by molar-refractivity contribution is 0.297. The maximum Gasteiger partial charge on any atom is 0.191 e. The van der Waals surface area contributed by atoms with Crippen LogP contribution in [0.25, 0.3) is 0 Å². The van der Waals surface area contributed by atoms with E-state index in [9.17, 15) is 0 Å². The Morgan fingerprint density at radius 3 is 2.57 bits per heavy atom. The van der Waals surface area contributed by atoms with Gasteiger partial charge in [0.25, 0.3) is 0 Å². The molecule has 0 aliphatic heterocycles. The molecule has 1 unspecified atom stereocenters. The molecule has 1 saturated carbocycles. The second-order valence-electron chi connectivity index (χ2n) is 6.36. The minimum Gasteiger partial charge on any atom is -0.355 e. The number of hydrogen-bond acceptors (Lipinski definition) is 2. The van der Waals surface area contributed by atoms with E-state index in [1.165, 1.54) is 31.2 Å². The van der Waals surface area contributed by atoms with E-state index >= 15 is 0 Å². The number of benzene rings is 1. The molecule has 3 N–H and O–H groups in total. The van der Waals surface area contributed by atoms with Crippen molar-refractivity contribution in [1.82, 2.24) is 16.0 Å². The van der Waals surface area contributed by atoms with E-state index in [-0.39, 0.29) is 5.54 Å². The van der Waals surface area contributed by atoms with E-state index in [4.69, 9.17) is 0 Å². The SMILES string of the molecule is C=CCNC(=NC)NCC1(NC(C)c2ccccc2)CCCC1. The van der Waals surface area contributed by atoms with Gasteiger partial charge in [-0.3, -0.25) is 4.99 Å². The largest absolute Gasteiger partial charge is 0.355 e. The van der Waals surface area contributed by atoms with Gasteiger partial charge in [-0.1, -0.05) is 49.2 Å². The van der Waals surface area contributed by atoms with Crippen LogP contribution in [0.3, 0.4) is 0 Å². The molecule has 0 heterocycles. The quantitative estimate of drug-likeness (QED) is 0.412. The van der Waals surface area contributed by atoms with Gasteiger partial charge >= 0.3 is 0 Å². The summed E-state index contributed by atoms with van der Waals surface area (Å²) >= 11 is 0. The average Bonchev–Trinajstić information content (AvgIpc) is 3.04. The van der Waals surface area contributed by atoms with Gasteiger partial charge in [0.1, 0.15) is 0 Å². The Labute approximate surface area is 140 Å². The minimum absolute atomic E-state index is 0.140. The summed E-state index contributed by atoms with van der Waals surface area (Å²) in [7, 11) is 1.81. The van der Waals surface area contributed by atoms with Gasteiger partial charge in [0, 0.05) is 31.7 Å². The van der Waals surface area contributed by atoms with Crippen LogP contribution in [-0.4, -0.2) is 31.6 Å². The first-order valence-corrected chi connectivity index (χ1v) is 8.57. The minimum atomic E-state index is 0.140. The summed E-state index contributed by atoms with van der Waals surface area (Å²) in [5, 5.41) is 10.6. The lowest BCUT2D eigenvalue weighted by Crippen LogP contribution is -2.54. The summed E-state index contributed by atoms with van der Waals surface area (Å²) in [4.78, 5) is 4.27. The summed E-state index contributed by atoms with van der Waals surface area (Å²) in [5.74, 6) is 0.838. The first-order valence-electron chi connectivity index (χ1n) is 8.57. The van der Waals surface area contributed by atoms with Crippen molar-refractivity contribution < 1.29 is 0 Å². The number of aliphatic imine (C=N–C) groups is 1. The summed E-state index contributed by atoms with van der Waals surface area (Å²) in [6.45, 7) is 7.60. The maximum absolute atomic E-state index is 4.27. The van der Waals surface area contributed by atoms with Crippen LogP contribution in [-0.2, 0) is 0 Å². The van der Waals surface area contributed by atoms with Gasteiger partial charge in [0.05, 0.1) is 0 Å². The monoisotopic (exact) mass is 314 g/mol. The van der Waals surface area contributed by atoms with Gasteiger partial charge in [-0.2, -0.15) is 0 Å². The van der Waals surface area contributed by atoms with Crippen LogP contribution in [0.1, 0.15) is 44.2 Å². The molecule has 2 rings (SSSR count). The third-order valence-corrected chi connectivity index (χ3v) is 4.61. The van der Waals surface area contributed by atoms with Crippen molar-refractivity contribution in [2.75, 3.05) is 20.1 Å². The Bertz CT molecular complexity index is 503. The lowest BCUT2D eigenvalue weighted by Gasteiger charge is -2.34. The standard InChI is InChI=1S/C19H30N4/c1-4-14-21-18(20-3)22-15-19(12-8-9-13-19)23-16(2)17-10-6-5-7-11-17/h4-7,10-11,16,23H,1,8-9,12-15H2,2-3H3,(H2,20,21,22).